The van der Waals surface area contributed by atoms with Gasteiger partial charge in [0.2, 0.25) is 0 Å². The Morgan fingerprint density at radius 2 is 2.38 bits per heavy atom. The lowest BCUT2D eigenvalue weighted by atomic mass is 10.0. The van der Waals surface area contributed by atoms with Crippen LogP contribution in [0.4, 0.5) is 13.2 Å². The Kier molecular flexibility index (Phi) is 2.56. The average molecular weight is 235 g/mol. The van der Waals surface area contributed by atoms with Gasteiger partial charge in [-0.1, -0.05) is 18.7 Å². The second-order valence-electron chi connectivity index (χ2n) is 3.28. The molecule has 0 saturated carbocycles. The topological polar surface area (TPSA) is 29.5 Å². The molecule has 0 aromatic heterocycles. The highest BCUT2D eigenvalue weighted by molar-refractivity contribution is 5.30. The second kappa shape index (κ2) is 4.67. The summed E-state index contributed by atoms with van der Waals surface area (Å²) in [5.74, 6) is 0. The molecule has 0 fully saturated rings. The first-order valence-electron chi connectivity index (χ1n) is 5.78. The molecule has 1 rings (SSSR count). The second-order valence-corrected chi connectivity index (χ2v) is 3.28. The van der Waals surface area contributed by atoms with Crippen LogP contribution in [0, 0.1) is 0 Å². The molecule has 0 bridgehead atoms. The molecule has 0 heterocycles. The van der Waals surface area contributed by atoms with Crippen molar-refractivity contribution in [3.8, 4) is 0 Å². The third-order valence-corrected chi connectivity index (χ3v) is 2.01. The van der Waals surface area contributed by atoms with Gasteiger partial charge in [0.1, 0.15) is 6.10 Å². The molecule has 1 N–H and O–H groups in total. The average Bonchev–Trinajstić information content (AvgIpc) is 2.34. The van der Waals surface area contributed by atoms with Crippen LogP contribution in [-0.4, -0.2) is 5.26 Å². The van der Waals surface area contributed by atoms with E-state index in [9.17, 15) is 13.2 Å². The zero-order chi connectivity index (χ0) is 14.6. The summed E-state index contributed by atoms with van der Waals surface area (Å²) in [5, 5.41) is 3.72. The van der Waals surface area contributed by atoms with E-state index in [1.807, 2.05) is 0 Å². The molecule has 0 spiro atoms. The highest BCUT2D eigenvalue weighted by Crippen LogP contribution is 2.32. The molecule has 0 aliphatic heterocycles. The fourth-order valence-electron chi connectivity index (χ4n) is 1.26. The van der Waals surface area contributed by atoms with Crippen LogP contribution in [0.1, 0.15) is 26.9 Å². The van der Waals surface area contributed by atoms with E-state index in [2.05, 4.69) is 10.1 Å². The fourth-order valence-corrected chi connectivity index (χ4v) is 1.26. The van der Waals surface area contributed by atoms with Gasteiger partial charge in [-0.25, -0.2) is 4.89 Å². The van der Waals surface area contributed by atoms with Crippen LogP contribution in [0.15, 0.2) is 36.4 Å². The molecule has 88 valence electrons. The van der Waals surface area contributed by atoms with Gasteiger partial charge in [0.25, 0.3) is 1.43 Å². The first-order chi connectivity index (χ1) is 8.77. The third-order valence-electron chi connectivity index (χ3n) is 2.01. The summed E-state index contributed by atoms with van der Waals surface area (Å²) in [7, 11) is 0. The Labute approximate surface area is 95.2 Å². The number of halogens is 3. The summed E-state index contributed by atoms with van der Waals surface area (Å²) in [6.07, 6.45) is -5.71. The van der Waals surface area contributed by atoms with Crippen molar-refractivity contribution >= 4 is 0 Å². The Morgan fingerprint density at radius 1 is 1.62 bits per heavy atom. The SMILES string of the molecule is [2H]OOC(C(C)=C([2H])[2H])c1cccc(C(F)(F)F)c1. The summed E-state index contributed by atoms with van der Waals surface area (Å²) >= 11 is 0. The molecule has 0 aliphatic rings. The molecular formula is C11H11F3O2. The molecule has 0 aliphatic carbocycles. The number of hydrogen-bond donors (Lipinski definition) is 1. The number of hydrogen-bond acceptors (Lipinski definition) is 2. The van der Waals surface area contributed by atoms with E-state index in [0.717, 1.165) is 12.1 Å². The van der Waals surface area contributed by atoms with Crippen LogP contribution in [0.3, 0.4) is 0 Å². The largest absolute Gasteiger partial charge is 0.416 e. The predicted octanol–water partition coefficient (Wildman–Crippen LogP) is 3.81. The van der Waals surface area contributed by atoms with E-state index in [0.29, 0.717) is 0 Å². The summed E-state index contributed by atoms with van der Waals surface area (Å²) in [6, 6.07) is 4.24. The van der Waals surface area contributed by atoms with Crippen LogP contribution in [0.25, 0.3) is 1.43 Å². The van der Waals surface area contributed by atoms with E-state index < -0.39 is 24.4 Å². The molecule has 0 saturated heterocycles. The first kappa shape index (κ1) is 8.78. The lowest BCUT2D eigenvalue weighted by Gasteiger charge is -2.15. The molecular weight excluding hydrogens is 221 g/mol. The maximum absolute atomic E-state index is 12.6. The monoisotopic (exact) mass is 235 g/mol. The maximum atomic E-state index is 12.6. The summed E-state index contributed by atoms with van der Waals surface area (Å²) in [5.41, 5.74) is -0.795. The van der Waals surface area contributed by atoms with Crippen LogP contribution in [0.5, 0.6) is 0 Å². The zero-order valence-corrected chi connectivity index (χ0v) is 8.34. The molecule has 5 heteroatoms. The number of benzene rings is 1. The Hall–Kier alpha value is -1.33. The standard InChI is InChI=1S/C11H11F3O2/c1-7(2)10(16-15)8-4-3-5-9(6-8)11(12,13)14/h3-6,10,15H,1H2,2H3/i1D2/hD. The van der Waals surface area contributed by atoms with Gasteiger partial charge >= 0.3 is 6.18 Å². The lowest BCUT2D eigenvalue weighted by Crippen LogP contribution is -2.08. The van der Waals surface area contributed by atoms with Gasteiger partial charge in [-0.15, -0.1) is 0 Å². The Morgan fingerprint density at radius 3 is 2.94 bits per heavy atom. The van der Waals surface area contributed by atoms with Crippen molar-refractivity contribution in [1.29, 1.82) is 1.43 Å². The third kappa shape index (κ3) is 2.84. The molecule has 1 aromatic rings. The van der Waals surface area contributed by atoms with Crippen LogP contribution in [0.2, 0.25) is 0 Å². The van der Waals surface area contributed by atoms with Crippen LogP contribution in [-0.2, 0) is 11.1 Å². The highest BCUT2D eigenvalue weighted by atomic mass is 19.4. The molecule has 16 heavy (non-hydrogen) atoms. The first-order valence-corrected chi connectivity index (χ1v) is 4.37. The van der Waals surface area contributed by atoms with E-state index in [1.54, 1.807) is 0 Å². The van der Waals surface area contributed by atoms with Gasteiger partial charge in [-0.2, -0.15) is 13.2 Å². The van der Waals surface area contributed by atoms with E-state index in [1.165, 1.54) is 19.1 Å². The maximum Gasteiger partial charge on any atom is 0.416 e. The van der Waals surface area contributed by atoms with Gasteiger partial charge in [0, 0.05) is 0 Å². The molecule has 1 aromatic carbocycles. The van der Waals surface area contributed by atoms with Gasteiger partial charge in [0.15, 0.2) is 0 Å². The van der Waals surface area contributed by atoms with E-state index in [-0.39, 0.29) is 11.1 Å². The van der Waals surface area contributed by atoms with Gasteiger partial charge in [-0.05, 0) is 30.2 Å². The van der Waals surface area contributed by atoms with Crippen molar-refractivity contribution in [2.24, 2.45) is 0 Å². The minimum Gasteiger partial charge on any atom is -0.251 e. The summed E-state index contributed by atoms with van der Waals surface area (Å²) < 4.78 is 58.5. The summed E-state index contributed by atoms with van der Waals surface area (Å²) in [6.45, 7) is 0.735. The van der Waals surface area contributed by atoms with Crippen LogP contribution < -0.4 is 0 Å². The number of rotatable bonds is 4. The molecule has 2 nitrogen and oxygen atoms in total. The van der Waals surface area contributed by atoms with Crippen molar-refractivity contribution in [1.82, 2.24) is 0 Å². The minimum absolute atomic E-state index is 0.0339. The zero-order valence-electron chi connectivity index (χ0n) is 11.3. The molecule has 1 atom stereocenters. The van der Waals surface area contributed by atoms with Crippen molar-refractivity contribution < 1.29 is 26.1 Å². The summed E-state index contributed by atoms with van der Waals surface area (Å²) in [4.78, 5) is 4.52. The molecule has 0 radical (unpaired) electrons. The smallest absolute Gasteiger partial charge is 0.251 e. The van der Waals surface area contributed by atoms with Crippen molar-refractivity contribution in [2.75, 3.05) is 0 Å². The van der Waals surface area contributed by atoms with Gasteiger partial charge in [-0.3, -0.25) is 5.26 Å². The van der Waals surface area contributed by atoms with Crippen molar-refractivity contribution in [3.05, 3.63) is 47.5 Å². The van der Waals surface area contributed by atoms with Crippen molar-refractivity contribution in [2.45, 2.75) is 19.2 Å². The Balaban J connectivity index is 3.21. The van der Waals surface area contributed by atoms with Crippen molar-refractivity contribution in [3.63, 3.8) is 0 Å². The van der Waals surface area contributed by atoms with Crippen LogP contribution >= 0.6 is 0 Å². The molecule has 0 amide bonds. The Bertz CT molecular complexity index is 470. The van der Waals surface area contributed by atoms with Gasteiger partial charge in [0.05, 0.1) is 8.30 Å². The fraction of sp³-hybridized carbons (Fsp3) is 0.273. The normalized spacial score (nSPS) is 15.9. The van der Waals surface area contributed by atoms with Gasteiger partial charge < -0.3 is 0 Å². The quantitative estimate of drug-likeness (QED) is 0.488. The lowest BCUT2D eigenvalue weighted by molar-refractivity contribution is -0.271. The van der Waals surface area contributed by atoms with E-state index >= 15 is 0 Å². The van der Waals surface area contributed by atoms with E-state index in [4.69, 9.17) is 4.17 Å². The predicted molar refractivity (Wildman–Crippen MR) is 52.7 cm³/mol. The molecule has 1 unspecified atom stereocenters. The minimum atomic E-state index is -4.51. The number of alkyl halides is 3. The highest BCUT2D eigenvalue weighted by Gasteiger charge is 2.31.